The highest BCUT2D eigenvalue weighted by molar-refractivity contribution is 7.14. The van der Waals surface area contributed by atoms with Gasteiger partial charge in [-0.1, -0.05) is 6.92 Å². The second kappa shape index (κ2) is 7.14. The van der Waals surface area contributed by atoms with E-state index in [1.165, 1.54) is 28.9 Å². The van der Waals surface area contributed by atoms with E-state index in [1.807, 2.05) is 12.3 Å². The number of carbonyl (C=O) groups is 1. The van der Waals surface area contributed by atoms with Crippen LogP contribution in [-0.2, 0) is 6.54 Å². The number of nitrogens with one attached hydrogen (secondary N) is 1. The highest BCUT2D eigenvalue weighted by atomic mass is 32.1. The minimum absolute atomic E-state index is 0.281. The van der Waals surface area contributed by atoms with Gasteiger partial charge in [-0.15, -0.1) is 11.3 Å². The van der Waals surface area contributed by atoms with Crippen LogP contribution in [0, 0.1) is 20.8 Å². The van der Waals surface area contributed by atoms with E-state index in [9.17, 15) is 4.79 Å². The molecule has 25 heavy (non-hydrogen) atoms. The van der Waals surface area contributed by atoms with Crippen molar-refractivity contribution < 1.29 is 4.79 Å². The van der Waals surface area contributed by atoms with Crippen molar-refractivity contribution in [3.63, 3.8) is 0 Å². The lowest BCUT2D eigenvalue weighted by Gasteiger charge is -2.07. The largest absolute Gasteiger partial charge is 0.348 e. The number of thiazole rings is 1. The first-order valence-corrected chi connectivity index (χ1v) is 9.10. The summed E-state index contributed by atoms with van der Waals surface area (Å²) in [4.78, 5) is 25.0. The van der Waals surface area contributed by atoms with Crippen LogP contribution in [0.4, 0.5) is 5.13 Å². The maximum absolute atomic E-state index is 12.2. The van der Waals surface area contributed by atoms with Gasteiger partial charge in [-0.05, 0) is 33.3 Å². The average Bonchev–Trinajstić information content (AvgIpc) is 3.15. The van der Waals surface area contributed by atoms with Gasteiger partial charge in [0, 0.05) is 35.1 Å². The van der Waals surface area contributed by atoms with Crippen molar-refractivity contribution in [3.8, 4) is 11.3 Å². The molecule has 0 fully saturated rings. The number of aromatic nitrogens is 4. The summed E-state index contributed by atoms with van der Waals surface area (Å²) in [6.45, 7) is 9.21. The molecular formula is C18H21N5OS. The standard InChI is InChI=1S/C18H21N5OS/c1-5-6-23-12(3)7-14(13(23)4)16-10-25-18(21-16)22-17(24)15-9-19-11(2)8-20-15/h7-10H,5-6H2,1-4H3,(H,21,22,24). The van der Waals surface area contributed by atoms with Gasteiger partial charge in [-0.2, -0.15) is 0 Å². The molecule has 0 atom stereocenters. The van der Waals surface area contributed by atoms with Crippen LogP contribution in [0.2, 0.25) is 0 Å². The van der Waals surface area contributed by atoms with Crippen LogP contribution in [0.5, 0.6) is 0 Å². The van der Waals surface area contributed by atoms with Gasteiger partial charge in [0.05, 0.1) is 17.6 Å². The fourth-order valence-electron chi connectivity index (χ4n) is 2.75. The first-order chi connectivity index (χ1) is 12.0. The molecule has 3 aromatic rings. The summed E-state index contributed by atoms with van der Waals surface area (Å²) in [7, 11) is 0. The van der Waals surface area contributed by atoms with Gasteiger partial charge in [-0.3, -0.25) is 15.1 Å². The number of rotatable bonds is 5. The molecule has 0 radical (unpaired) electrons. The van der Waals surface area contributed by atoms with Gasteiger partial charge in [0.15, 0.2) is 5.13 Å². The predicted octanol–water partition coefficient (Wildman–Crippen LogP) is 3.99. The molecule has 0 aliphatic rings. The van der Waals surface area contributed by atoms with Gasteiger partial charge in [0.1, 0.15) is 5.69 Å². The lowest BCUT2D eigenvalue weighted by Crippen LogP contribution is -2.14. The van der Waals surface area contributed by atoms with E-state index in [4.69, 9.17) is 0 Å². The van der Waals surface area contributed by atoms with E-state index in [0.717, 1.165) is 29.9 Å². The molecule has 3 aromatic heterocycles. The number of hydrogen-bond donors (Lipinski definition) is 1. The van der Waals surface area contributed by atoms with Crippen molar-refractivity contribution in [2.45, 2.75) is 40.7 Å². The van der Waals surface area contributed by atoms with Crippen molar-refractivity contribution in [3.05, 3.63) is 46.6 Å². The molecule has 0 spiro atoms. The van der Waals surface area contributed by atoms with Gasteiger partial charge in [0.25, 0.3) is 5.91 Å². The zero-order valence-corrected chi connectivity index (χ0v) is 15.6. The van der Waals surface area contributed by atoms with E-state index in [-0.39, 0.29) is 11.6 Å². The minimum Gasteiger partial charge on any atom is -0.348 e. The van der Waals surface area contributed by atoms with Gasteiger partial charge >= 0.3 is 0 Å². The first-order valence-electron chi connectivity index (χ1n) is 8.22. The first kappa shape index (κ1) is 17.3. The predicted molar refractivity (Wildman–Crippen MR) is 100 cm³/mol. The zero-order valence-electron chi connectivity index (χ0n) is 14.8. The van der Waals surface area contributed by atoms with Gasteiger partial charge in [-0.25, -0.2) is 9.97 Å². The Kier molecular flexibility index (Phi) is 4.94. The molecule has 0 aromatic carbocycles. The van der Waals surface area contributed by atoms with Crippen molar-refractivity contribution in [2.24, 2.45) is 0 Å². The Labute approximate surface area is 151 Å². The smallest absolute Gasteiger partial charge is 0.277 e. The Balaban J connectivity index is 1.80. The third-order valence-corrected chi connectivity index (χ3v) is 4.79. The molecular weight excluding hydrogens is 334 g/mol. The molecule has 3 rings (SSSR count). The number of amides is 1. The summed E-state index contributed by atoms with van der Waals surface area (Å²) in [5, 5.41) is 5.32. The van der Waals surface area contributed by atoms with Crippen LogP contribution < -0.4 is 5.32 Å². The van der Waals surface area contributed by atoms with Crippen molar-refractivity contribution in [1.82, 2.24) is 19.5 Å². The summed E-state index contributed by atoms with van der Waals surface area (Å²) >= 11 is 1.41. The third kappa shape index (κ3) is 3.61. The highest BCUT2D eigenvalue weighted by Gasteiger charge is 2.15. The van der Waals surface area contributed by atoms with E-state index < -0.39 is 0 Å². The molecule has 1 N–H and O–H groups in total. The van der Waals surface area contributed by atoms with Crippen LogP contribution in [-0.4, -0.2) is 25.4 Å². The zero-order chi connectivity index (χ0) is 18.0. The Morgan fingerprint density at radius 1 is 1.24 bits per heavy atom. The maximum Gasteiger partial charge on any atom is 0.277 e. The highest BCUT2D eigenvalue weighted by Crippen LogP contribution is 2.30. The molecule has 1 amide bonds. The average molecular weight is 355 g/mol. The van der Waals surface area contributed by atoms with Crippen LogP contribution in [0.25, 0.3) is 11.3 Å². The summed E-state index contributed by atoms with van der Waals surface area (Å²) < 4.78 is 2.30. The van der Waals surface area contributed by atoms with Crippen LogP contribution in [0.15, 0.2) is 23.8 Å². The van der Waals surface area contributed by atoms with Crippen LogP contribution >= 0.6 is 11.3 Å². The topological polar surface area (TPSA) is 72.7 Å². The second-order valence-corrected chi connectivity index (χ2v) is 6.83. The molecule has 0 bridgehead atoms. The molecule has 6 nitrogen and oxygen atoms in total. The molecule has 7 heteroatoms. The summed E-state index contributed by atoms with van der Waals surface area (Å²) in [5.41, 5.74) is 5.47. The number of carbonyl (C=O) groups excluding carboxylic acids is 1. The van der Waals surface area contributed by atoms with Crippen LogP contribution in [0.3, 0.4) is 0 Å². The van der Waals surface area contributed by atoms with Gasteiger partial charge < -0.3 is 4.57 Å². The number of nitrogens with zero attached hydrogens (tertiary/aromatic N) is 4. The second-order valence-electron chi connectivity index (χ2n) is 5.97. The number of aryl methyl sites for hydroxylation is 2. The quantitative estimate of drug-likeness (QED) is 0.751. The number of hydrogen-bond acceptors (Lipinski definition) is 5. The van der Waals surface area contributed by atoms with E-state index in [1.54, 1.807) is 6.20 Å². The minimum atomic E-state index is -0.301. The molecule has 0 saturated heterocycles. The Hall–Kier alpha value is -2.54. The lowest BCUT2D eigenvalue weighted by molar-refractivity contribution is 0.102. The summed E-state index contributed by atoms with van der Waals surface area (Å²) in [6, 6.07) is 2.15. The number of anilines is 1. The van der Waals surface area contributed by atoms with Crippen molar-refractivity contribution in [1.29, 1.82) is 0 Å². The molecule has 0 aliphatic heterocycles. The molecule has 0 saturated carbocycles. The Morgan fingerprint density at radius 3 is 2.72 bits per heavy atom. The lowest BCUT2D eigenvalue weighted by atomic mass is 10.2. The van der Waals surface area contributed by atoms with Crippen molar-refractivity contribution in [2.75, 3.05) is 5.32 Å². The maximum atomic E-state index is 12.2. The van der Waals surface area contributed by atoms with Gasteiger partial charge in [0.2, 0.25) is 0 Å². The van der Waals surface area contributed by atoms with Crippen molar-refractivity contribution >= 4 is 22.4 Å². The fraction of sp³-hybridized carbons (Fsp3) is 0.333. The monoisotopic (exact) mass is 355 g/mol. The molecule has 3 heterocycles. The van der Waals surface area contributed by atoms with Crippen LogP contribution in [0.1, 0.15) is 40.9 Å². The SMILES string of the molecule is CCCn1c(C)cc(-c2csc(NC(=O)c3cnc(C)cn3)n2)c1C. The summed E-state index contributed by atoms with van der Waals surface area (Å²) in [6.07, 6.45) is 4.13. The van der Waals surface area contributed by atoms with E-state index in [0.29, 0.717) is 5.13 Å². The molecule has 0 unspecified atom stereocenters. The summed E-state index contributed by atoms with van der Waals surface area (Å²) in [5.74, 6) is -0.301. The Morgan fingerprint density at radius 2 is 2.04 bits per heavy atom. The van der Waals surface area contributed by atoms with E-state index >= 15 is 0 Å². The third-order valence-electron chi connectivity index (χ3n) is 4.04. The molecule has 130 valence electrons. The molecule has 0 aliphatic carbocycles. The fourth-order valence-corrected chi connectivity index (χ4v) is 3.46. The van der Waals surface area contributed by atoms with E-state index in [2.05, 4.69) is 51.7 Å². The Bertz CT molecular complexity index is 895. The normalized spacial score (nSPS) is 10.9.